The Morgan fingerprint density at radius 3 is 2.94 bits per heavy atom. The van der Waals surface area contributed by atoms with Crippen LogP contribution in [0.5, 0.6) is 0 Å². The van der Waals surface area contributed by atoms with Crippen LogP contribution < -0.4 is 10.6 Å². The lowest BCUT2D eigenvalue weighted by atomic mass is 10.1. The summed E-state index contributed by atoms with van der Waals surface area (Å²) in [7, 11) is 0. The smallest absolute Gasteiger partial charge is 0.259 e. The standard InChI is InChI=1S/C13H11IN2OS/c14-12-5-9(7-18-12)13(17)16-4-3-8-1-2-10(15)6-11(8)16/h1-2,5-7H,3-4,15H2. The van der Waals surface area contributed by atoms with Gasteiger partial charge in [-0.1, -0.05) is 6.07 Å². The Morgan fingerprint density at radius 2 is 2.22 bits per heavy atom. The first-order valence-corrected chi connectivity index (χ1v) is 7.55. The number of nitrogens with two attached hydrogens (primary N) is 1. The topological polar surface area (TPSA) is 46.3 Å². The van der Waals surface area contributed by atoms with Gasteiger partial charge in [0.15, 0.2) is 0 Å². The highest BCUT2D eigenvalue weighted by atomic mass is 127. The maximum atomic E-state index is 12.4. The third-order valence-electron chi connectivity index (χ3n) is 3.06. The van der Waals surface area contributed by atoms with Gasteiger partial charge in [-0.05, 0) is 52.8 Å². The number of carbonyl (C=O) groups excluding carboxylic acids is 1. The molecule has 0 saturated heterocycles. The minimum absolute atomic E-state index is 0.0681. The van der Waals surface area contributed by atoms with E-state index in [0.29, 0.717) is 5.69 Å². The van der Waals surface area contributed by atoms with Gasteiger partial charge in [-0.25, -0.2) is 0 Å². The Morgan fingerprint density at radius 1 is 1.39 bits per heavy atom. The molecule has 0 aliphatic carbocycles. The second kappa shape index (κ2) is 4.55. The van der Waals surface area contributed by atoms with Crippen LogP contribution >= 0.6 is 33.9 Å². The second-order valence-electron chi connectivity index (χ2n) is 4.23. The fourth-order valence-electron chi connectivity index (χ4n) is 2.19. The van der Waals surface area contributed by atoms with E-state index in [9.17, 15) is 4.79 Å². The number of halogens is 1. The van der Waals surface area contributed by atoms with Crippen LogP contribution in [0.2, 0.25) is 0 Å². The van der Waals surface area contributed by atoms with Crippen molar-refractivity contribution in [2.75, 3.05) is 17.2 Å². The molecule has 0 fully saturated rings. The van der Waals surface area contributed by atoms with Gasteiger partial charge in [0.25, 0.3) is 5.91 Å². The fourth-order valence-corrected chi connectivity index (χ4v) is 3.51. The Labute approximate surface area is 123 Å². The lowest BCUT2D eigenvalue weighted by Crippen LogP contribution is -2.28. The van der Waals surface area contributed by atoms with Crippen LogP contribution in [0.15, 0.2) is 29.6 Å². The molecule has 2 heterocycles. The predicted octanol–water partition coefficient (Wildman–Crippen LogP) is 3.14. The number of fused-ring (bicyclic) bond motifs is 1. The summed E-state index contributed by atoms with van der Waals surface area (Å²) < 4.78 is 1.13. The van der Waals surface area contributed by atoms with Crippen molar-refractivity contribution in [3.8, 4) is 0 Å². The molecular formula is C13H11IN2OS. The zero-order chi connectivity index (χ0) is 12.7. The predicted molar refractivity (Wildman–Crippen MR) is 83.3 cm³/mol. The Kier molecular flexibility index (Phi) is 3.03. The molecule has 1 aromatic heterocycles. The molecule has 3 nitrogen and oxygen atoms in total. The van der Waals surface area contributed by atoms with Crippen LogP contribution in [0.3, 0.4) is 0 Å². The first-order valence-electron chi connectivity index (χ1n) is 5.59. The van der Waals surface area contributed by atoms with Crippen molar-refractivity contribution in [3.63, 3.8) is 0 Å². The van der Waals surface area contributed by atoms with Gasteiger partial charge in [-0.3, -0.25) is 4.79 Å². The Balaban J connectivity index is 1.96. The molecular weight excluding hydrogens is 359 g/mol. The quantitative estimate of drug-likeness (QED) is 0.619. The van der Waals surface area contributed by atoms with E-state index < -0.39 is 0 Å². The molecule has 1 amide bonds. The summed E-state index contributed by atoms with van der Waals surface area (Å²) >= 11 is 3.82. The van der Waals surface area contributed by atoms with E-state index in [1.165, 1.54) is 5.56 Å². The summed E-state index contributed by atoms with van der Waals surface area (Å²) in [5.41, 5.74) is 9.42. The van der Waals surface area contributed by atoms with Crippen molar-refractivity contribution >= 4 is 51.2 Å². The first kappa shape index (κ1) is 12.0. The van der Waals surface area contributed by atoms with E-state index in [-0.39, 0.29) is 5.91 Å². The van der Waals surface area contributed by atoms with E-state index in [4.69, 9.17) is 5.73 Å². The number of nitrogen functional groups attached to an aromatic ring is 1. The number of rotatable bonds is 1. The number of nitrogens with zero attached hydrogens (tertiary/aromatic N) is 1. The zero-order valence-corrected chi connectivity index (χ0v) is 12.5. The number of thiophene rings is 1. The highest BCUT2D eigenvalue weighted by Crippen LogP contribution is 2.31. The molecule has 1 aliphatic rings. The van der Waals surface area contributed by atoms with Gasteiger partial charge in [0, 0.05) is 23.3 Å². The van der Waals surface area contributed by atoms with Gasteiger partial charge in [0.2, 0.25) is 0 Å². The largest absolute Gasteiger partial charge is 0.399 e. The van der Waals surface area contributed by atoms with Crippen LogP contribution in [0.25, 0.3) is 0 Å². The number of hydrogen-bond acceptors (Lipinski definition) is 3. The Bertz CT molecular complexity index is 623. The zero-order valence-electron chi connectivity index (χ0n) is 9.52. The van der Waals surface area contributed by atoms with E-state index in [0.717, 1.165) is 27.1 Å². The molecule has 0 unspecified atom stereocenters. The third kappa shape index (κ3) is 2.01. The average Bonchev–Trinajstić information content (AvgIpc) is 2.94. The van der Waals surface area contributed by atoms with E-state index >= 15 is 0 Å². The van der Waals surface area contributed by atoms with Crippen molar-refractivity contribution in [2.24, 2.45) is 0 Å². The van der Waals surface area contributed by atoms with Crippen LogP contribution in [0, 0.1) is 2.88 Å². The highest BCUT2D eigenvalue weighted by Gasteiger charge is 2.26. The van der Waals surface area contributed by atoms with Crippen molar-refractivity contribution in [2.45, 2.75) is 6.42 Å². The molecule has 0 saturated carbocycles. The van der Waals surface area contributed by atoms with E-state index in [1.807, 2.05) is 34.5 Å². The summed E-state index contributed by atoms with van der Waals surface area (Å²) in [6, 6.07) is 7.71. The van der Waals surface area contributed by atoms with Crippen LogP contribution in [-0.2, 0) is 6.42 Å². The molecule has 2 aromatic rings. The van der Waals surface area contributed by atoms with Crippen LogP contribution in [-0.4, -0.2) is 12.5 Å². The molecule has 5 heteroatoms. The monoisotopic (exact) mass is 370 g/mol. The minimum atomic E-state index is 0.0681. The first-order chi connectivity index (χ1) is 8.65. The van der Waals surface area contributed by atoms with Crippen molar-refractivity contribution < 1.29 is 4.79 Å². The molecule has 2 N–H and O–H groups in total. The van der Waals surface area contributed by atoms with Gasteiger partial charge >= 0.3 is 0 Å². The second-order valence-corrected chi connectivity index (χ2v) is 7.04. The normalized spacial score (nSPS) is 13.7. The lowest BCUT2D eigenvalue weighted by molar-refractivity contribution is 0.0990. The maximum Gasteiger partial charge on any atom is 0.259 e. The van der Waals surface area contributed by atoms with E-state index in [2.05, 4.69) is 22.6 Å². The number of hydrogen-bond donors (Lipinski definition) is 1. The van der Waals surface area contributed by atoms with Gasteiger partial charge in [-0.2, -0.15) is 0 Å². The molecule has 92 valence electrons. The summed E-state index contributed by atoms with van der Waals surface area (Å²) in [6.45, 7) is 0.740. The average molecular weight is 370 g/mol. The summed E-state index contributed by atoms with van der Waals surface area (Å²) in [4.78, 5) is 14.2. The molecule has 0 spiro atoms. The molecule has 18 heavy (non-hydrogen) atoms. The van der Waals surface area contributed by atoms with Gasteiger partial charge in [0.05, 0.1) is 8.45 Å². The summed E-state index contributed by atoms with van der Waals surface area (Å²) in [6.07, 6.45) is 0.905. The fraction of sp³-hybridized carbons (Fsp3) is 0.154. The molecule has 1 aromatic carbocycles. The lowest BCUT2D eigenvalue weighted by Gasteiger charge is -2.16. The summed E-state index contributed by atoms with van der Waals surface area (Å²) in [5, 5.41) is 1.91. The van der Waals surface area contributed by atoms with Gasteiger partial charge in [0.1, 0.15) is 0 Å². The number of amides is 1. The van der Waals surface area contributed by atoms with Gasteiger partial charge in [-0.15, -0.1) is 11.3 Å². The van der Waals surface area contributed by atoms with Crippen LogP contribution in [0.4, 0.5) is 11.4 Å². The molecule has 0 radical (unpaired) electrons. The number of benzene rings is 1. The van der Waals surface area contributed by atoms with Crippen molar-refractivity contribution in [1.29, 1.82) is 0 Å². The SMILES string of the molecule is Nc1ccc2c(c1)N(C(=O)c1csc(I)c1)CC2. The number of carbonyl (C=O) groups is 1. The Hall–Kier alpha value is -1.08. The summed E-state index contributed by atoms with van der Waals surface area (Å²) in [5.74, 6) is 0.0681. The van der Waals surface area contributed by atoms with Crippen LogP contribution in [0.1, 0.15) is 15.9 Å². The molecule has 1 aliphatic heterocycles. The van der Waals surface area contributed by atoms with Crippen molar-refractivity contribution in [1.82, 2.24) is 0 Å². The van der Waals surface area contributed by atoms with Crippen molar-refractivity contribution in [3.05, 3.63) is 43.7 Å². The molecule has 0 bridgehead atoms. The maximum absolute atomic E-state index is 12.4. The third-order valence-corrected chi connectivity index (χ3v) is 4.85. The molecule has 3 rings (SSSR count). The van der Waals surface area contributed by atoms with Gasteiger partial charge < -0.3 is 10.6 Å². The van der Waals surface area contributed by atoms with E-state index in [1.54, 1.807) is 11.3 Å². The molecule has 0 atom stereocenters. The minimum Gasteiger partial charge on any atom is -0.399 e. The number of anilines is 2. The highest BCUT2D eigenvalue weighted by molar-refractivity contribution is 14.1.